The maximum atomic E-state index is 9.98. The van der Waals surface area contributed by atoms with Crippen molar-refractivity contribution >= 4 is 171 Å². The first kappa shape index (κ1) is 87.9. The number of fused-ring (bicyclic) bond motifs is 18. The van der Waals surface area contributed by atoms with Crippen LogP contribution in [0.1, 0.15) is 67.5 Å². The fraction of sp³-hybridized carbons (Fsp3) is 0.114. The topological polar surface area (TPSA) is 214 Å². The van der Waals surface area contributed by atoms with Crippen molar-refractivity contribution in [3.63, 3.8) is 0 Å². The number of benzene rings is 4. The van der Waals surface area contributed by atoms with E-state index in [1.807, 2.05) is 147 Å². The molecule has 0 saturated carbocycles. The quantitative estimate of drug-likeness (QED) is 0.0258. The molecular weight excluding hydrogens is 1930 g/mol. The number of aromatic amines is 1. The van der Waals surface area contributed by atoms with Crippen LogP contribution in [0.5, 0.6) is 17.4 Å². The Bertz CT molecular complexity index is 6500. The van der Waals surface area contributed by atoms with Crippen molar-refractivity contribution in [1.82, 2.24) is 62.8 Å². The van der Waals surface area contributed by atoms with Crippen molar-refractivity contribution in [3.05, 3.63) is 310 Å². The molecule has 560 valence electrons. The second kappa shape index (κ2) is 40.4. The Morgan fingerprint density at radius 2 is 0.982 bits per heavy atom. The van der Waals surface area contributed by atoms with Crippen LogP contribution < -0.4 is 143 Å². The minimum atomic E-state index is 0. The number of carbonyl (C=O) groups excluding carboxylic acids is 1. The summed E-state index contributed by atoms with van der Waals surface area (Å²) < 4.78 is 32.6. The third kappa shape index (κ3) is 20.2. The molecule has 0 atom stereocenters. The molecule has 0 unspecified atom stereocenters. The van der Waals surface area contributed by atoms with Crippen LogP contribution in [-0.4, -0.2) is 79.6 Å². The third-order valence-electron chi connectivity index (χ3n) is 17.9. The van der Waals surface area contributed by atoms with Gasteiger partial charge < -0.3 is 32.9 Å². The van der Waals surface area contributed by atoms with E-state index in [0.717, 1.165) is 129 Å². The van der Waals surface area contributed by atoms with Crippen LogP contribution in [0.15, 0.2) is 283 Å². The number of para-hydroxylation sites is 2. The van der Waals surface area contributed by atoms with E-state index in [2.05, 4.69) is 268 Å². The number of H-pyrrole nitrogens is 1. The number of carbonyl (C=O) groups is 1. The average molecular weight is 2000 g/mol. The van der Waals surface area contributed by atoms with Gasteiger partial charge in [0.2, 0.25) is 5.88 Å². The zero-order chi connectivity index (χ0) is 77.2. The first-order valence-corrected chi connectivity index (χ1v) is 37.2. The number of phenols is 1. The Morgan fingerprint density at radius 1 is 0.496 bits per heavy atom. The number of aromatic hydroxyl groups is 1. The van der Waals surface area contributed by atoms with Gasteiger partial charge in [-0.05, 0) is 240 Å². The molecule has 0 amide bonds. The first-order chi connectivity index (χ1) is 53.3. The van der Waals surface area contributed by atoms with Gasteiger partial charge >= 0.3 is 144 Å². The molecule has 0 radical (unpaired) electrons. The van der Waals surface area contributed by atoms with Crippen molar-refractivity contribution in [2.75, 3.05) is 0 Å². The van der Waals surface area contributed by atoms with Crippen LogP contribution in [0.25, 0.3) is 123 Å². The second-order valence-electron chi connectivity index (χ2n) is 26.7. The molecule has 0 saturated heterocycles. The van der Waals surface area contributed by atoms with E-state index in [1.165, 1.54) is 16.5 Å². The van der Waals surface area contributed by atoms with Gasteiger partial charge in [-0.3, -0.25) is 23.9 Å². The molecule has 0 aliphatic rings. The molecule has 0 aliphatic carbocycles. The molecule has 4 aromatic carbocycles. The molecule has 113 heavy (non-hydrogen) atoms. The Balaban J connectivity index is 0.000000174. The zero-order valence-corrected chi connectivity index (χ0v) is 80.2. The molecule has 19 rings (SSSR count). The monoisotopic (exact) mass is 2000 g/mol. The molecule has 19 aromatic rings. The largest absolute Gasteiger partial charge is 1.00 e. The summed E-state index contributed by atoms with van der Waals surface area (Å²) in [5, 5.41) is 20.3. The van der Waals surface area contributed by atoms with Gasteiger partial charge in [0.25, 0.3) is 1.43 Å². The number of nitrogens with zero attached hydrogens (tertiary/aromatic N) is 12. The van der Waals surface area contributed by atoms with Crippen LogP contribution in [0.4, 0.5) is 4.39 Å². The normalized spacial score (nSPS) is 11.0. The number of phenolic OH excluding ortho intramolecular Hbond substituents is 1. The number of hydrogen-bond donors (Lipinski definition) is 3. The zero-order valence-electron chi connectivity index (χ0n) is 62.6. The summed E-state index contributed by atoms with van der Waals surface area (Å²) in [5.41, 5.74) is 16.7. The standard InChI is InChI=1S/C35H27N5O.C21H20N2O.C14H8BrN3.C9H7BrN2.C5H3ClIN.CH2F.CH2O3.2CH4.2Cs/c1-35(2,3)22-16-18-36-31(20-22)40-27-9-5-4-8-24(27)25-13-12-23(21-30(25)40)41-32-15-14-26-33-28(10-6-17-37-33)39-19-7-11-29(39)34(26)38-32;1-21(2,3)14-10-11-22-20(12-14)23-18-7-5-4-6-16(18)17-9-8-15(24)13-19(17)23;15-12-6-5-9-13-10(3-1-7-16-13)18-8-2-4-11(18)14(9)17-12;10-9-5-1-3-8(12-9)7-4-2-6-11-7;6-5-4(7)2-1-3-8-5;1-2;2-1-4-3;;;;/h4-21H,1-3H3;4-13,24H,1-3H3;1-8H;1-6,11H;1-3H;1H2;1,3H;2*1H4;;/q;;;;;-1;;;;2*+1/i/hD. The van der Waals surface area contributed by atoms with Gasteiger partial charge in [0.1, 0.15) is 43.0 Å². The fourth-order valence-electron chi connectivity index (χ4n) is 12.9. The van der Waals surface area contributed by atoms with Gasteiger partial charge in [0.15, 0.2) is 0 Å². The van der Waals surface area contributed by atoms with E-state index >= 15 is 0 Å². The van der Waals surface area contributed by atoms with Crippen molar-refractivity contribution in [3.8, 4) is 40.4 Å². The van der Waals surface area contributed by atoms with Crippen molar-refractivity contribution < 1.29 is 167 Å². The Kier molecular flexibility index (Phi) is 31.5. The van der Waals surface area contributed by atoms with Gasteiger partial charge in [0.05, 0.1) is 75.6 Å². The molecule has 0 spiro atoms. The molecule has 15 heterocycles. The summed E-state index contributed by atoms with van der Waals surface area (Å²) in [6, 6.07) is 74.8. The van der Waals surface area contributed by atoms with E-state index < -0.39 is 0 Å². The van der Waals surface area contributed by atoms with E-state index in [-0.39, 0.29) is 176 Å². The molecule has 0 bridgehead atoms. The number of ether oxygens (including phenoxy) is 1. The molecule has 0 aliphatic heterocycles. The number of halogens is 5. The molecular formula is C88H77Br2ClCs2FIN13O5+. The number of pyridine rings is 10. The van der Waals surface area contributed by atoms with Crippen molar-refractivity contribution in [2.24, 2.45) is 0 Å². The van der Waals surface area contributed by atoms with E-state index in [1.54, 1.807) is 25.5 Å². The van der Waals surface area contributed by atoms with Gasteiger partial charge in [-0.2, -0.15) is 7.18 Å². The van der Waals surface area contributed by atoms with Gasteiger partial charge in [-0.15, -0.1) is 0 Å². The summed E-state index contributed by atoms with van der Waals surface area (Å²) >= 11 is 14.5. The fourth-order valence-corrected chi connectivity index (χ4v) is 14.0. The van der Waals surface area contributed by atoms with Crippen LogP contribution >= 0.6 is 66.1 Å². The number of hydrogen-bond acceptors (Lipinski definition) is 13. The van der Waals surface area contributed by atoms with Crippen molar-refractivity contribution in [2.45, 2.75) is 67.2 Å². The first-order valence-electron chi connectivity index (χ1n) is 34.6. The third-order valence-corrected chi connectivity index (χ3v) is 20.2. The smallest absolute Gasteiger partial charge is 0.508 e. The van der Waals surface area contributed by atoms with Crippen LogP contribution in [0, 0.1) is 10.7 Å². The van der Waals surface area contributed by atoms with Crippen LogP contribution in [0.3, 0.4) is 0 Å². The van der Waals surface area contributed by atoms with Crippen molar-refractivity contribution in [1.29, 1.82) is 1.43 Å². The van der Waals surface area contributed by atoms with Crippen LogP contribution in [-0.2, 0) is 20.5 Å². The minimum absolute atomic E-state index is 0. The van der Waals surface area contributed by atoms with E-state index in [0.29, 0.717) is 16.8 Å². The number of rotatable bonds is 7. The van der Waals surface area contributed by atoms with E-state index in [4.69, 9.17) is 32.5 Å². The summed E-state index contributed by atoms with van der Waals surface area (Å²) in [6.07, 6.45) is 15.0. The summed E-state index contributed by atoms with van der Waals surface area (Å²) in [6.45, 7) is 13.3. The second-order valence-corrected chi connectivity index (χ2v) is 29.9. The Hall–Kier alpha value is -7.44. The van der Waals surface area contributed by atoms with E-state index in [9.17, 15) is 9.50 Å². The predicted octanol–water partition coefficient (Wildman–Crippen LogP) is 18.4. The van der Waals surface area contributed by atoms with Gasteiger partial charge in [0, 0.05) is 100 Å². The molecule has 18 nitrogen and oxygen atoms in total. The summed E-state index contributed by atoms with van der Waals surface area (Å²) in [4.78, 5) is 51.6. The van der Waals surface area contributed by atoms with Gasteiger partial charge in [-0.1, -0.05) is 110 Å². The SMILES string of the molecule is Brc1ccc2c3ncccc3n3cccc3c2n1.Brc1cccc(-c2ccc[nH]2)n1.C.C.CC(C)(C)c1ccnc(-n2c3ccccc3c3ccc(O)cc32)c1.CC(C)(C)c1ccnc(-n2c3ccccc3c3ccc(Oc4ccc5c6ncccc6n6cccc6c5n4)cc32)c1.Clc1ncccc1I.[2H]OOC=O.[CH2-]F.[Cs+].[Cs+]. The Morgan fingerprint density at radius 3 is 1.50 bits per heavy atom. The summed E-state index contributed by atoms with van der Waals surface area (Å²) in [7, 11) is 1.75. The number of nitrogens with one attached hydrogen (secondary N) is 1. The van der Waals surface area contributed by atoms with Gasteiger partial charge in [-0.25, -0.2) is 35.2 Å². The molecule has 25 heteroatoms. The molecule has 15 aromatic heterocycles. The minimum Gasteiger partial charge on any atom is -0.508 e. The average Bonchev–Trinajstić information content (AvgIpc) is 1.70. The van der Waals surface area contributed by atoms with Crippen LogP contribution in [0.2, 0.25) is 5.15 Å². The predicted molar refractivity (Wildman–Crippen MR) is 463 cm³/mol. The summed E-state index contributed by atoms with van der Waals surface area (Å²) in [5.74, 6) is 3.27. The molecule has 3 N–H and O–H groups in total. The maximum Gasteiger partial charge on any atom is 1.00 e. The maximum absolute atomic E-state index is 9.98. The molecule has 0 fully saturated rings. The Labute approximate surface area is 807 Å². The number of aromatic nitrogens is 13.